The molecule has 0 fully saturated rings. The van der Waals surface area contributed by atoms with Crippen molar-refractivity contribution in [3.63, 3.8) is 0 Å². The Morgan fingerprint density at radius 1 is 1.36 bits per heavy atom. The van der Waals surface area contributed by atoms with Crippen molar-refractivity contribution in [1.29, 1.82) is 0 Å². The second-order valence-electron chi connectivity index (χ2n) is 1.68. The molecule has 0 N–H and O–H groups in total. The van der Waals surface area contributed by atoms with Crippen molar-refractivity contribution in [3.05, 3.63) is 0 Å². The van der Waals surface area contributed by atoms with Crippen LogP contribution in [0.15, 0.2) is 0 Å². The van der Waals surface area contributed by atoms with Gasteiger partial charge in [0.05, 0.1) is 6.61 Å². The van der Waals surface area contributed by atoms with Crippen molar-refractivity contribution >= 4 is 11.8 Å². The standard InChI is InChI=1S/C6H10O3.CH3.Zr/c1-3-9-6(8)4-5(2)7;;/h3-4H2,1-2H3;1H3;. The van der Waals surface area contributed by atoms with Crippen molar-refractivity contribution in [1.82, 2.24) is 0 Å². The molecule has 0 saturated carbocycles. The average Bonchev–Trinajstić information content (AvgIpc) is 1.91. The molecule has 0 aromatic carbocycles. The first-order valence-corrected chi connectivity index (χ1v) is 5.77. The predicted molar refractivity (Wildman–Crippen MR) is 37.8 cm³/mol. The molecule has 0 unspecified atom stereocenters. The quantitative estimate of drug-likeness (QED) is 0.544. The Morgan fingerprint density at radius 2 is 1.82 bits per heavy atom. The fraction of sp³-hybridized carbons (Fsp3) is 0.714. The number of Topliss-reactive ketones (excluding diaryl/α,β-unsaturated/α-hetero) is 1. The maximum absolute atomic E-state index is 10.4. The molecule has 0 heterocycles. The van der Waals surface area contributed by atoms with E-state index in [0.717, 1.165) is 0 Å². The molecule has 0 saturated heterocycles. The summed E-state index contributed by atoms with van der Waals surface area (Å²) in [5.74, 6) is -0.599. The number of hydrogen-bond acceptors (Lipinski definition) is 3. The van der Waals surface area contributed by atoms with E-state index in [2.05, 4.69) is 9.37 Å². The van der Waals surface area contributed by atoms with Crippen molar-refractivity contribution in [2.24, 2.45) is 0 Å². The van der Waals surface area contributed by atoms with Crippen LogP contribution in [0.4, 0.5) is 0 Å². The van der Waals surface area contributed by atoms with Gasteiger partial charge in [0.25, 0.3) is 0 Å². The molecule has 11 heavy (non-hydrogen) atoms. The molecule has 0 amide bonds. The molecule has 0 aliphatic heterocycles. The number of hydrogen-bond donors (Lipinski definition) is 0. The molecule has 0 atom stereocenters. The SMILES string of the molecule is CCOC(=O)CC(C)=O.[CH3][Zr]. The topological polar surface area (TPSA) is 43.4 Å². The zero-order chi connectivity index (χ0) is 9.28. The fourth-order valence-electron chi connectivity index (χ4n) is 0.415. The van der Waals surface area contributed by atoms with Gasteiger partial charge in [0.1, 0.15) is 12.2 Å². The first-order chi connectivity index (χ1) is 5.16. The normalized spacial score (nSPS) is 7.45. The minimum absolute atomic E-state index is 0.103. The van der Waals surface area contributed by atoms with Gasteiger partial charge in [0.2, 0.25) is 0 Å². The predicted octanol–water partition coefficient (Wildman–Crippen LogP) is 1.11. The van der Waals surface area contributed by atoms with Gasteiger partial charge in [-0.1, -0.05) is 0 Å². The molecule has 4 heteroatoms. The van der Waals surface area contributed by atoms with Gasteiger partial charge in [0, 0.05) is 0 Å². The summed E-state index contributed by atoms with van der Waals surface area (Å²) in [4.78, 5) is 20.6. The van der Waals surface area contributed by atoms with Gasteiger partial charge in [-0.05, 0) is 13.8 Å². The Kier molecular flexibility index (Phi) is 12.4. The average molecular weight is 236 g/mol. The summed E-state index contributed by atoms with van der Waals surface area (Å²) in [5.41, 5.74) is 0. The van der Waals surface area contributed by atoms with E-state index in [1.54, 1.807) is 31.6 Å². The van der Waals surface area contributed by atoms with Crippen molar-refractivity contribution in [3.8, 4) is 0 Å². The molecule has 0 spiro atoms. The first kappa shape index (κ1) is 13.6. The molecule has 0 aliphatic rings. The number of ketones is 1. The van der Waals surface area contributed by atoms with Crippen LogP contribution in [0.3, 0.4) is 0 Å². The van der Waals surface area contributed by atoms with E-state index >= 15 is 0 Å². The molecular weight excluding hydrogens is 223 g/mol. The van der Waals surface area contributed by atoms with Gasteiger partial charge in [-0.25, -0.2) is 0 Å². The summed E-state index contributed by atoms with van der Waals surface area (Å²) in [7, 11) is 0. The fourth-order valence-corrected chi connectivity index (χ4v) is 0.415. The Balaban J connectivity index is 0. The van der Waals surface area contributed by atoms with Crippen molar-refractivity contribution in [2.45, 2.75) is 24.9 Å². The van der Waals surface area contributed by atoms with E-state index in [1.165, 1.54) is 6.92 Å². The third kappa shape index (κ3) is 13.1. The van der Waals surface area contributed by atoms with Gasteiger partial charge in [-0.3, -0.25) is 9.59 Å². The third-order valence-corrected chi connectivity index (χ3v) is 0.699. The number of ether oxygens (including phenoxy) is 1. The Hall–Kier alpha value is 0.0231. The van der Waals surface area contributed by atoms with Crippen LogP contribution in [0.25, 0.3) is 0 Å². The van der Waals surface area contributed by atoms with Crippen molar-refractivity contribution in [2.75, 3.05) is 6.61 Å². The molecule has 0 bridgehead atoms. The summed E-state index contributed by atoms with van der Waals surface area (Å²) in [5, 5.41) is 0. The van der Waals surface area contributed by atoms with E-state index in [1.807, 2.05) is 0 Å². The first-order valence-electron chi connectivity index (χ1n) is 3.32. The summed E-state index contributed by atoms with van der Waals surface area (Å²) >= 11 is 1.55. The van der Waals surface area contributed by atoms with E-state index in [4.69, 9.17) is 0 Å². The third-order valence-electron chi connectivity index (χ3n) is 0.699. The van der Waals surface area contributed by atoms with E-state index in [0.29, 0.717) is 6.61 Å². The van der Waals surface area contributed by atoms with Crippen LogP contribution in [0.5, 0.6) is 0 Å². The number of carbonyl (C=O) groups excluding carboxylic acids is 2. The summed E-state index contributed by atoms with van der Waals surface area (Å²) in [6.45, 7) is 3.40. The summed E-state index contributed by atoms with van der Waals surface area (Å²) in [6.07, 6.45) is -0.103. The molecule has 63 valence electrons. The Bertz CT molecular complexity index is 123. The van der Waals surface area contributed by atoms with E-state index < -0.39 is 5.97 Å². The van der Waals surface area contributed by atoms with E-state index in [9.17, 15) is 9.59 Å². The Morgan fingerprint density at radius 3 is 2.09 bits per heavy atom. The molecule has 0 aliphatic carbocycles. The van der Waals surface area contributed by atoms with Crippen molar-refractivity contribution < 1.29 is 39.0 Å². The zero-order valence-corrected chi connectivity index (χ0v) is 9.60. The van der Waals surface area contributed by atoms with Crippen LogP contribution < -0.4 is 0 Å². The van der Waals surface area contributed by atoms with Crippen LogP contribution >= 0.6 is 0 Å². The molecular formula is C7H13O3Zr. The van der Waals surface area contributed by atoms with Crippen LogP contribution in [0, 0.1) is 0 Å². The molecule has 0 aromatic rings. The molecule has 0 rings (SSSR count). The molecule has 0 radical (unpaired) electrons. The maximum atomic E-state index is 10.4. The van der Waals surface area contributed by atoms with Crippen LogP contribution in [0.2, 0.25) is 4.63 Å². The summed E-state index contributed by atoms with van der Waals surface area (Å²) < 4.78 is 6.58. The van der Waals surface area contributed by atoms with Crippen LogP contribution in [0.1, 0.15) is 20.3 Å². The summed E-state index contributed by atoms with van der Waals surface area (Å²) in [6, 6.07) is 0. The second kappa shape index (κ2) is 10.0. The monoisotopic (exact) mass is 235 g/mol. The zero-order valence-electron chi connectivity index (χ0n) is 7.14. The second-order valence-corrected chi connectivity index (χ2v) is 1.68. The van der Waals surface area contributed by atoms with Crippen LogP contribution in [-0.4, -0.2) is 18.4 Å². The van der Waals surface area contributed by atoms with E-state index in [-0.39, 0.29) is 12.2 Å². The van der Waals surface area contributed by atoms with Gasteiger partial charge in [-0.15, -0.1) is 0 Å². The number of rotatable bonds is 3. The number of carbonyl (C=O) groups is 2. The number of esters is 1. The van der Waals surface area contributed by atoms with Gasteiger partial charge in [-0.2, -0.15) is 0 Å². The van der Waals surface area contributed by atoms with Gasteiger partial charge in [0.15, 0.2) is 0 Å². The molecule has 0 aromatic heterocycles. The Labute approximate surface area is 82.3 Å². The van der Waals surface area contributed by atoms with Crippen LogP contribution in [-0.2, 0) is 39.0 Å². The van der Waals surface area contributed by atoms with Gasteiger partial charge >= 0.3 is 35.3 Å². The van der Waals surface area contributed by atoms with Gasteiger partial charge < -0.3 is 4.74 Å². The minimum atomic E-state index is -0.440. The molecule has 3 nitrogen and oxygen atoms in total.